The molecule has 1 aromatic carbocycles. The predicted octanol–water partition coefficient (Wildman–Crippen LogP) is 0.258. The van der Waals surface area contributed by atoms with E-state index in [0.29, 0.717) is 6.61 Å². The molecule has 1 fully saturated rings. The zero-order valence-corrected chi connectivity index (χ0v) is 8.86. The van der Waals surface area contributed by atoms with Gasteiger partial charge in [-0.1, -0.05) is 6.07 Å². The molecule has 2 unspecified atom stereocenters. The summed E-state index contributed by atoms with van der Waals surface area (Å²) in [6.07, 6.45) is 1.47. The Balaban J connectivity index is 1.92. The van der Waals surface area contributed by atoms with E-state index in [0.717, 1.165) is 18.4 Å². The van der Waals surface area contributed by atoms with Crippen molar-refractivity contribution >= 4 is 0 Å². The Kier molecular flexibility index (Phi) is 2.01. The first-order chi connectivity index (χ1) is 7.71. The minimum atomic E-state index is -0.357. The molecule has 1 spiro atoms. The van der Waals surface area contributed by atoms with Gasteiger partial charge in [0.15, 0.2) is 6.35 Å². The minimum absolute atomic E-state index is 0.0458. The second kappa shape index (κ2) is 3.29. The molecule has 4 heteroatoms. The van der Waals surface area contributed by atoms with E-state index >= 15 is 0 Å². The fourth-order valence-corrected chi connectivity index (χ4v) is 2.66. The molecule has 1 aromatic rings. The van der Waals surface area contributed by atoms with Crippen LogP contribution in [-0.2, 0) is 17.6 Å². The second-order valence-corrected chi connectivity index (χ2v) is 4.61. The van der Waals surface area contributed by atoms with Crippen molar-refractivity contribution in [1.82, 2.24) is 5.32 Å². The lowest BCUT2D eigenvalue weighted by atomic mass is 9.98. The van der Waals surface area contributed by atoms with Crippen LogP contribution in [0.2, 0.25) is 0 Å². The van der Waals surface area contributed by atoms with Crippen LogP contribution in [-0.4, -0.2) is 18.5 Å². The van der Waals surface area contributed by atoms with Crippen molar-refractivity contribution < 1.29 is 4.74 Å². The lowest BCUT2D eigenvalue weighted by Gasteiger charge is -2.21. The van der Waals surface area contributed by atoms with Gasteiger partial charge in [0.1, 0.15) is 0 Å². The number of nitrogens with zero attached hydrogens (tertiary/aromatic N) is 1. The Hall–Kier alpha value is -1.41. The van der Waals surface area contributed by atoms with Crippen molar-refractivity contribution in [2.45, 2.75) is 24.7 Å². The van der Waals surface area contributed by atoms with Gasteiger partial charge in [0.2, 0.25) is 0 Å². The van der Waals surface area contributed by atoms with Gasteiger partial charge in [-0.15, -0.1) is 0 Å². The van der Waals surface area contributed by atoms with Gasteiger partial charge in [-0.2, -0.15) is 5.26 Å². The van der Waals surface area contributed by atoms with Crippen LogP contribution in [0.4, 0.5) is 0 Å². The van der Waals surface area contributed by atoms with Gasteiger partial charge in [0.25, 0.3) is 0 Å². The number of nitriles is 1. The molecule has 2 aliphatic rings. The second-order valence-electron chi connectivity index (χ2n) is 4.61. The van der Waals surface area contributed by atoms with Gasteiger partial charge in [0.05, 0.1) is 23.8 Å². The number of nitrogens with two attached hydrogens (primary N) is 1. The highest BCUT2D eigenvalue weighted by atomic mass is 16.5. The Morgan fingerprint density at radius 3 is 2.94 bits per heavy atom. The first-order valence-electron chi connectivity index (χ1n) is 5.38. The Morgan fingerprint density at radius 2 is 2.25 bits per heavy atom. The van der Waals surface area contributed by atoms with Crippen molar-refractivity contribution in [3.63, 3.8) is 0 Å². The number of rotatable bonds is 0. The predicted molar refractivity (Wildman–Crippen MR) is 58.4 cm³/mol. The van der Waals surface area contributed by atoms with Crippen molar-refractivity contribution in [3.05, 3.63) is 34.9 Å². The van der Waals surface area contributed by atoms with E-state index in [1.807, 2.05) is 18.2 Å². The molecule has 1 saturated heterocycles. The normalized spacial score (nSPS) is 31.6. The molecule has 0 bridgehead atoms. The molecule has 0 saturated carbocycles. The molecule has 1 aliphatic carbocycles. The van der Waals surface area contributed by atoms with E-state index in [4.69, 9.17) is 15.7 Å². The third kappa shape index (κ3) is 1.41. The standard InChI is InChI=1S/C12H13N3O/c13-6-8-1-2-9-4-12(5-10(9)3-8)7-16-11(14)15-12/h1-3,11,15H,4-5,7,14H2. The summed E-state index contributed by atoms with van der Waals surface area (Å²) in [5, 5.41) is 12.1. The first kappa shape index (κ1) is 9.79. The SMILES string of the molecule is N#Cc1ccc2c(c1)CC1(COC(N)N1)C2. The first-order valence-corrected chi connectivity index (χ1v) is 5.38. The number of ether oxygens (including phenoxy) is 1. The van der Waals surface area contributed by atoms with E-state index in [1.165, 1.54) is 11.1 Å². The van der Waals surface area contributed by atoms with Crippen molar-refractivity contribution in [2.75, 3.05) is 6.61 Å². The fourth-order valence-electron chi connectivity index (χ4n) is 2.66. The van der Waals surface area contributed by atoms with E-state index < -0.39 is 0 Å². The number of benzene rings is 1. The summed E-state index contributed by atoms with van der Waals surface area (Å²) in [6.45, 7) is 0.644. The Labute approximate surface area is 94.0 Å². The Bertz CT molecular complexity index is 480. The summed E-state index contributed by atoms with van der Waals surface area (Å²) in [6, 6.07) is 8.04. The van der Waals surface area contributed by atoms with Crippen LogP contribution < -0.4 is 11.1 Å². The number of nitrogens with one attached hydrogen (secondary N) is 1. The average molecular weight is 215 g/mol. The molecule has 4 nitrogen and oxygen atoms in total. The lowest BCUT2D eigenvalue weighted by molar-refractivity contribution is 0.103. The summed E-state index contributed by atoms with van der Waals surface area (Å²) in [7, 11) is 0. The van der Waals surface area contributed by atoms with E-state index in [9.17, 15) is 0 Å². The van der Waals surface area contributed by atoms with Gasteiger partial charge in [-0.3, -0.25) is 11.1 Å². The molecule has 3 N–H and O–H groups in total. The minimum Gasteiger partial charge on any atom is -0.348 e. The molecular formula is C12H13N3O. The largest absolute Gasteiger partial charge is 0.348 e. The Morgan fingerprint density at radius 1 is 1.44 bits per heavy atom. The van der Waals surface area contributed by atoms with Gasteiger partial charge in [-0.25, -0.2) is 0 Å². The molecule has 1 heterocycles. The summed E-state index contributed by atoms with van der Waals surface area (Å²) >= 11 is 0. The smallest absolute Gasteiger partial charge is 0.161 e. The van der Waals surface area contributed by atoms with Crippen molar-refractivity contribution in [2.24, 2.45) is 5.73 Å². The summed E-state index contributed by atoms with van der Waals surface area (Å²) in [5.41, 5.74) is 8.91. The van der Waals surface area contributed by atoms with E-state index in [1.54, 1.807) is 0 Å². The van der Waals surface area contributed by atoms with Gasteiger partial charge in [-0.05, 0) is 36.1 Å². The molecule has 0 aromatic heterocycles. The van der Waals surface area contributed by atoms with Crippen LogP contribution >= 0.6 is 0 Å². The summed E-state index contributed by atoms with van der Waals surface area (Å²) < 4.78 is 5.38. The van der Waals surface area contributed by atoms with Gasteiger partial charge < -0.3 is 4.74 Å². The number of hydrogen-bond donors (Lipinski definition) is 2. The van der Waals surface area contributed by atoms with Crippen molar-refractivity contribution in [1.29, 1.82) is 5.26 Å². The average Bonchev–Trinajstić information content (AvgIpc) is 2.80. The number of fused-ring (bicyclic) bond motifs is 1. The van der Waals surface area contributed by atoms with Crippen LogP contribution in [0.5, 0.6) is 0 Å². The van der Waals surface area contributed by atoms with Crippen LogP contribution in [0, 0.1) is 11.3 Å². The highest BCUT2D eigenvalue weighted by molar-refractivity contribution is 5.43. The molecule has 2 atom stereocenters. The van der Waals surface area contributed by atoms with Crippen LogP contribution in [0.3, 0.4) is 0 Å². The van der Waals surface area contributed by atoms with E-state index in [2.05, 4.69) is 11.4 Å². The third-order valence-corrected chi connectivity index (χ3v) is 3.38. The third-order valence-electron chi connectivity index (χ3n) is 3.38. The van der Waals surface area contributed by atoms with Crippen LogP contribution in [0.25, 0.3) is 0 Å². The van der Waals surface area contributed by atoms with Gasteiger partial charge in [0, 0.05) is 0 Å². The molecular weight excluding hydrogens is 202 g/mol. The van der Waals surface area contributed by atoms with E-state index in [-0.39, 0.29) is 11.9 Å². The molecule has 1 aliphatic heterocycles. The maximum Gasteiger partial charge on any atom is 0.161 e. The zero-order chi connectivity index (χ0) is 11.2. The summed E-state index contributed by atoms with van der Waals surface area (Å²) in [4.78, 5) is 0. The van der Waals surface area contributed by atoms with Crippen LogP contribution in [0.1, 0.15) is 16.7 Å². The maximum atomic E-state index is 8.86. The number of hydrogen-bond acceptors (Lipinski definition) is 4. The topological polar surface area (TPSA) is 71.1 Å². The lowest BCUT2D eigenvalue weighted by Crippen LogP contribution is -2.48. The zero-order valence-electron chi connectivity index (χ0n) is 8.86. The highest BCUT2D eigenvalue weighted by Gasteiger charge is 2.42. The molecule has 0 amide bonds. The molecule has 3 rings (SSSR count). The van der Waals surface area contributed by atoms with Crippen molar-refractivity contribution in [3.8, 4) is 6.07 Å². The summed E-state index contributed by atoms with van der Waals surface area (Å²) in [5.74, 6) is 0. The molecule has 16 heavy (non-hydrogen) atoms. The van der Waals surface area contributed by atoms with Crippen LogP contribution in [0.15, 0.2) is 18.2 Å². The fraction of sp³-hybridized carbons (Fsp3) is 0.417. The maximum absolute atomic E-state index is 8.86. The quantitative estimate of drug-likeness (QED) is 0.651. The monoisotopic (exact) mass is 215 g/mol. The van der Waals surface area contributed by atoms with Gasteiger partial charge >= 0.3 is 0 Å². The highest BCUT2D eigenvalue weighted by Crippen LogP contribution is 2.33. The molecule has 0 radical (unpaired) electrons. The molecule has 82 valence electrons.